The van der Waals surface area contributed by atoms with Gasteiger partial charge in [0.15, 0.2) is 0 Å². The predicted octanol–water partition coefficient (Wildman–Crippen LogP) is 5.06. The number of nitrogens with one attached hydrogen (secondary N) is 1. The van der Waals surface area contributed by atoms with Crippen molar-refractivity contribution in [2.24, 2.45) is 0 Å². The second kappa shape index (κ2) is 8.02. The van der Waals surface area contributed by atoms with Crippen molar-refractivity contribution >= 4 is 23.2 Å². The molecule has 3 nitrogen and oxygen atoms in total. The van der Waals surface area contributed by atoms with E-state index < -0.39 is 0 Å². The minimum Gasteiger partial charge on any atom is -0.493 e. The van der Waals surface area contributed by atoms with Gasteiger partial charge in [0.2, 0.25) is 5.91 Å². The van der Waals surface area contributed by atoms with Gasteiger partial charge in [-0.05, 0) is 62.6 Å². The maximum Gasteiger partial charge on any atom is 0.224 e. The third kappa shape index (κ3) is 5.29. The minimum absolute atomic E-state index is 0.0176. The highest BCUT2D eigenvalue weighted by molar-refractivity contribution is 6.31. The van der Waals surface area contributed by atoms with Crippen molar-refractivity contribution in [2.75, 3.05) is 11.9 Å². The molecule has 0 saturated heterocycles. The van der Waals surface area contributed by atoms with E-state index in [9.17, 15) is 4.79 Å². The molecule has 0 aromatic heterocycles. The van der Waals surface area contributed by atoms with Crippen LogP contribution in [-0.4, -0.2) is 12.5 Å². The normalized spacial score (nSPS) is 10.4. The molecule has 1 amide bonds. The molecule has 0 bridgehead atoms. The highest BCUT2D eigenvalue weighted by Crippen LogP contribution is 2.20. The van der Waals surface area contributed by atoms with Crippen LogP contribution in [0, 0.1) is 20.8 Å². The van der Waals surface area contributed by atoms with Gasteiger partial charge >= 0.3 is 0 Å². The zero-order valence-electron chi connectivity index (χ0n) is 13.8. The summed E-state index contributed by atoms with van der Waals surface area (Å²) in [4.78, 5) is 11.9. The molecule has 0 radical (unpaired) electrons. The Morgan fingerprint density at radius 3 is 2.57 bits per heavy atom. The molecular weight excluding hydrogens is 310 g/mol. The summed E-state index contributed by atoms with van der Waals surface area (Å²) in [6.45, 7) is 6.52. The number of hydrogen-bond donors (Lipinski definition) is 1. The number of aryl methyl sites for hydroxylation is 3. The van der Waals surface area contributed by atoms with Crippen LogP contribution in [-0.2, 0) is 4.79 Å². The average Bonchev–Trinajstić information content (AvgIpc) is 2.49. The molecular formula is C19H22ClNO2. The van der Waals surface area contributed by atoms with Gasteiger partial charge in [-0.3, -0.25) is 4.79 Å². The van der Waals surface area contributed by atoms with Crippen LogP contribution in [0.2, 0.25) is 5.02 Å². The van der Waals surface area contributed by atoms with Crippen LogP contribution in [0.4, 0.5) is 5.69 Å². The summed E-state index contributed by atoms with van der Waals surface area (Å²) in [6.07, 6.45) is 1.10. The van der Waals surface area contributed by atoms with Crippen molar-refractivity contribution in [1.29, 1.82) is 0 Å². The number of halogens is 1. The van der Waals surface area contributed by atoms with E-state index >= 15 is 0 Å². The van der Waals surface area contributed by atoms with Gasteiger partial charge in [0.1, 0.15) is 5.75 Å². The average molecular weight is 332 g/mol. The number of hydrogen-bond acceptors (Lipinski definition) is 2. The smallest absolute Gasteiger partial charge is 0.224 e. The Labute approximate surface area is 142 Å². The van der Waals surface area contributed by atoms with E-state index in [1.807, 2.05) is 32.0 Å². The Morgan fingerprint density at radius 2 is 1.87 bits per heavy atom. The number of benzene rings is 2. The molecule has 2 aromatic rings. The van der Waals surface area contributed by atoms with E-state index in [2.05, 4.69) is 18.3 Å². The van der Waals surface area contributed by atoms with Gasteiger partial charge in [-0.2, -0.15) is 0 Å². The molecule has 0 unspecified atom stereocenters. The standard InChI is InChI=1S/C19H22ClNO2/c1-13-6-9-18(15(3)11-13)23-10-4-5-19(22)21-16-7-8-17(20)14(2)12-16/h6-9,11-12H,4-5,10H2,1-3H3,(H,21,22). The highest BCUT2D eigenvalue weighted by Gasteiger charge is 2.05. The molecule has 0 spiro atoms. The fourth-order valence-corrected chi connectivity index (χ4v) is 2.44. The third-order valence-electron chi connectivity index (χ3n) is 3.58. The summed E-state index contributed by atoms with van der Waals surface area (Å²) >= 11 is 5.97. The van der Waals surface area contributed by atoms with Gasteiger partial charge < -0.3 is 10.1 Å². The van der Waals surface area contributed by atoms with E-state index in [-0.39, 0.29) is 5.91 Å². The van der Waals surface area contributed by atoms with Gasteiger partial charge in [-0.25, -0.2) is 0 Å². The summed E-state index contributed by atoms with van der Waals surface area (Å²) in [5.41, 5.74) is 4.05. The molecule has 0 saturated carbocycles. The Hall–Kier alpha value is -2.00. The first-order chi connectivity index (χ1) is 11.0. The molecule has 0 aliphatic carbocycles. The largest absolute Gasteiger partial charge is 0.493 e. The Morgan fingerprint density at radius 1 is 1.09 bits per heavy atom. The van der Waals surface area contributed by atoms with E-state index in [0.717, 1.165) is 22.6 Å². The summed E-state index contributed by atoms with van der Waals surface area (Å²) < 4.78 is 5.73. The van der Waals surface area contributed by atoms with Crippen LogP contribution in [0.5, 0.6) is 5.75 Å². The van der Waals surface area contributed by atoms with Crippen LogP contribution in [0.15, 0.2) is 36.4 Å². The van der Waals surface area contributed by atoms with E-state index in [4.69, 9.17) is 16.3 Å². The lowest BCUT2D eigenvalue weighted by molar-refractivity contribution is -0.116. The highest BCUT2D eigenvalue weighted by atomic mass is 35.5. The lowest BCUT2D eigenvalue weighted by atomic mass is 10.1. The summed E-state index contributed by atoms with van der Waals surface area (Å²) in [5.74, 6) is 0.861. The van der Waals surface area contributed by atoms with Crippen molar-refractivity contribution in [1.82, 2.24) is 0 Å². The molecule has 0 heterocycles. The van der Waals surface area contributed by atoms with Crippen LogP contribution in [0.25, 0.3) is 0 Å². The summed E-state index contributed by atoms with van der Waals surface area (Å²) in [5, 5.41) is 3.57. The van der Waals surface area contributed by atoms with Crippen molar-refractivity contribution in [3.8, 4) is 5.75 Å². The van der Waals surface area contributed by atoms with E-state index in [1.165, 1.54) is 5.56 Å². The number of carbonyl (C=O) groups is 1. The SMILES string of the molecule is Cc1ccc(OCCCC(=O)Nc2ccc(Cl)c(C)c2)c(C)c1. The zero-order valence-corrected chi connectivity index (χ0v) is 14.5. The first-order valence-electron chi connectivity index (χ1n) is 7.72. The molecule has 0 fully saturated rings. The van der Waals surface area contributed by atoms with Crippen LogP contribution in [0.1, 0.15) is 29.5 Å². The molecule has 0 aliphatic rings. The molecule has 0 aliphatic heterocycles. The minimum atomic E-state index is -0.0176. The van der Waals surface area contributed by atoms with Gasteiger partial charge in [0, 0.05) is 17.1 Å². The van der Waals surface area contributed by atoms with Crippen molar-refractivity contribution in [3.63, 3.8) is 0 Å². The zero-order chi connectivity index (χ0) is 16.8. The van der Waals surface area contributed by atoms with Gasteiger partial charge in [-0.15, -0.1) is 0 Å². The van der Waals surface area contributed by atoms with Crippen LogP contribution in [0.3, 0.4) is 0 Å². The van der Waals surface area contributed by atoms with Crippen molar-refractivity contribution in [3.05, 3.63) is 58.1 Å². The number of anilines is 1. The molecule has 4 heteroatoms. The lowest BCUT2D eigenvalue weighted by Crippen LogP contribution is -2.13. The molecule has 2 rings (SSSR count). The molecule has 122 valence electrons. The molecule has 1 N–H and O–H groups in total. The van der Waals surface area contributed by atoms with Crippen molar-refractivity contribution in [2.45, 2.75) is 33.6 Å². The Balaban J connectivity index is 1.75. The molecule has 2 aromatic carbocycles. The predicted molar refractivity (Wildman–Crippen MR) is 95.5 cm³/mol. The number of carbonyl (C=O) groups excluding carboxylic acids is 1. The Bertz CT molecular complexity index is 698. The number of ether oxygens (including phenoxy) is 1. The first kappa shape index (κ1) is 17.4. The fourth-order valence-electron chi connectivity index (χ4n) is 2.32. The third-order valence-corrected chi connectivity index (χ3v) is 4.00. The van der Waals surface area contributed by atoms with Gasteiger partial charge in [-0.1, -0.05) is 29.3 Å². The quantitative estimate of drug-likeness (QED) is 0.751. The van der Waals surface area contributed by atoms with Gasteiger partial charge in [0.05, 0.1) is 6.61 Å². The first-order valence-corrected chi connectivity index (χ1v) is 8.09. The number of rotatable bonds is 6. The van der Waals surface area contributed by atoms with Crippen LogP contribution < -0.4 is 10.1 Å². The summed E-state index contributed by atoms with van der Waals surface area (Å²) in [7, 11) is 0. The monoisotopic (exact) mass is 331 g/mol. The fraction of sp³-hybridized carbons (Fsp3) is 0.316. The maximum atomic E-state index is 11.9. The topological polar surface area (TPSA) is 38.3 Å². The summed E-state index contributed by atoms with van der Waals surface area (Å²) in [6, 6.07) is 11.5. The lowest BCUT2D eigenvalue weighted by Gasteiger charge is -2.10. The maximum absolute atomic E-state index is 11.9. The molecule has 0 atom stereocenters. The Kier molecular flexibility index (Phi) is 6.05. The van der Waals surface area contributed by atoms with E-state index in [0.29, 0.717) is 24.5 Å². The van der Waals surface area contributed by atoms with Crippen molar-refractivity contribution < 1.29 is 9.53 Å². The number of amides is 1. The van der Waals surface area contributed by atoms with Gasteiger partial charge in [0.25, 0.3) is 0 Å². The second-order valence-electron chi connectivity index (χ2n) is 5.73. The second-order valence-corrected chi connectivity index (χ2v) is 6.14. The molecule has 23 heavy (non-hydrogen) atoms. The van der Waals surface area contributed by atoms with Crippen LogP contribution >= 0.6 is 11.6 Å². The van der Waals surface area contributed by atoms with E-state index in [1.54, 1.807) is 12.1 Å².